The topological polar surface area (TPSA) is 84.9 Å². The molecule has 140 valence electrons. The van der Waals surface area contributed by atoms with E-state index in [4.69, 9.17) is 9.47 Å². The van der Waals surface area contributed by atoms with E-state index in [0.717, 1.165) is 25.7 Å². The van der Waals surface area contributed by atoms with Crippen molar-refractivity contribution in [1.82, 2.24) is 5.32 Å². The molecular formula is C17H26N2O5S. The van der Waals surface area contributed by atoms with Gasteiger partial charge in [-0.2, -0.15) is 0 Å². The molecule has 1 fully saturated rings. The molecule has 0 saturated carbocycles. The number of sulfonamides is 1. The van der Waals surface area contributed by atoms with Crippen LogP contribution in [0.3, 0.4) is 0 Å². The molecule has 0 unspecified atom stereocenters. The highest BCUT2D eigenvalue weighted by atomic mass is 32.2. The van der Waals surface area contributed by atoms with E-state index >= 15 is 0 Å². The van der Waals surface area contributed by atoms with E-state index in [9.17, 15) is 13.2 Å². The number of benzene rings is 1. The number of ether oxygens (including phenoxy) is 2. The summed E-state index contributed by atoms with van der Waals surface area (Å²) in [6, 6.07) is 6.86. The van der Waals surface area contributed by atoms with Crippen molar-refractivity contribution < 1.29 is 22.7 Å². The van der Waals surface area contributed by atoms with Gasteiger partial charge in [0, 0.05) is 32.2 Å². The second-order valence-electron chi connectivity index (χ2n) is 6.08. The molecule has 1 aliphatic rings. The number of anilines is 1. The predicted molar refractivity (Wildman–Crippen MR) is 96.4 cm³/mol. The molecule has 0 spiro atoms. The third-order valence-electron chi connectivity index (χ3n) is 4.06. The predicted octanol–water partition coefficient (Wildman–Crippen LogP) is 1.54. The number of nitrogens with zero attached hydrogens (tertiary/aromatic N) is 1. The lowest BCUT2D eigenvalue weighted by molar-refractivity contribution is -0.121. The minimum Gasteiger partial charge on any atom is -0.497 e. The number of carbonyl (C=O) groups is 1. The van der Waals surface area contributed by atoms with Crippen molar-refractivity contribution in [3.63, 3.8) is 0 Å². The van der Waals surface area contributed by atoms with Crippen LogP contribution < -0.4 is 14.4 Å². The van der Waals surface area contributed by atoms with Crippen LogP contribution >= 0.6 is 0 Å². The van der Waals surface area contributed by atoms with Crippen LogP contribution in [-0.4, -0.2) is 53.5 Å². The SMILES string of the molecule is COc1cccc(N(CCCC(=O)NC[C@@H]2CCCO2)S(C)(=O)=O)c1. The van der Waals surface area contributed by atoms with Gasteiger partial charge in [-0.3, -0.25) is 9.10 Å². The standard InChI is InChI=1S/C17H26N2O5S/c1-23-15-7-3-6-14(12-15)19(25(2,21)22)10-4-9-17(20)18-13-16-8-5-11-24-16/h3,6-7,12,16H,4-5,8-11,13H2,1-2H3,(H,18,20)/t16-/m0/s1. The molecule has 0 bridgehead atoms. The van der Waals surface area contributed by atoms with Crippen molar-refractivity contribution in [1.29, 1.82) is 0 Å². The van der Waals surface area contributed by atoms with Crippen LogP contribution in [-0.2, 0) is 19.6 Å². The first-order valence-corrected chi connectivity index (χ1v) is 10.2. The van der Waals surface area contributed by atoms with Crippen LogP contribution in [0.4, 0.5) is 5.69 Å². The van der Waals surface area contributed by atoms with Gasteiger partial charge < -0.3 is 14.8 Å². The second-order valence-corrected chi connectivity index (χ2v) is 7.99. The zero-order valence-corrected chi connectivity index (χ0v) is 15.5. The molecule has 1 aromatic rings. The van der Waals surface area contributed by atoms with Crippen LogP contribution in [0, 0.1) is 0 Å². The second kappa shape index (κ2) is 9.05. The van der Waals surface area contributed by atoms with Gasteiger partial charge in [-0.15, -0.1) is 0 Å². The molecule has 25 heavy (non-hydrogen) atoms. The first kappa shape index (κ1) is 19.5. The molecule has 0 aliphatic carbocycles. The Morgan fingerprint density at radius 3 is 2.88 bits per heavy atom. The van der Waals surface area contributed by atoms with Gasteiger partial charge in [0.15, 0.2) is 0 Å². The number of rotatable bonds is 9. The van der Waals surface area contributed by atoms with Crippen molar-refractivity contribution in [2.45, 2.75) is 31.8 Å². The number of nitrogens with one attached hydrogen (secondary N) is 1. The Balaban J connectivity index is 1.86. The Labute approximate surface area is 149 Å². The highest BCUT2D eigenvalue weighted by Gasteiger charge is 2.19. The van der Waals surface area contributed by atoms with Crippen LogP contribution in [0.15, 0.2) is 24.3 Å². The lowest BCUT2D eigenvalue weighted by Crippen LogP contribution is -2.34. The molecule has 0 radical (unpaired) electrons. The summed E-state index contributed by atoms with van der Waals surface area (Å²) in [5.74, 6) is 0.495. The number of methoxy groups -OCH3 is 1. The zero-order chi connectivity index (χ0) is 18.3. The van der Waals surface area contributed by atoms with Crippen LogP contribution in [0.1, 0.15) is 25.7 Å². The minimum absolute atomic E-state index is 0.0883. The van der Waals surface area contributed by atoms with Crippen molar-refractivity contribution in [3.05, 3.63) is 24.3 Å². The summed E-state index contributed by atoms with van der Waals surface area (Å²) in [5.41, 5.74) is 0.529. The highest BCUT2D eigenvalue weighted by molar-refractivity contribution is 7.92. The van der Waals surface area contributed by atoms with E-state index in [0.29, 0.717) is 24.4 Å². The molecule has 7 nitrogen and oxygen atoms in total. The molecule has 1 amide bonds. The molecule has 1 heterocycles. The average Bonchev–Trinajstić information content (AvgIpc) is 3.09. The van der Waals surface area contributed by atoms with E-state index < -0.39 is 10.0 Å². The van der Waals surface area contributed by atoms with Gasteiger partial charge in [-0.1, -0.05) is 6.07 Å². The van der Waals surface area contributed by atoms with E-state index in [2.05, 4.69) is 5.32 Å². The molecule has 1 atom stereocenters. The molecule has 1 saturated heterocycles. The van der Waals surface area contributed by atoms with Gasteiger partial charge in [0.2, 0.25) is 15.9 Å². The zero-order valence-electron chi connectivity index (χ0n) is 14.7. The summed E-state index contributed by atoms with van der Waals surface area (Å²) >= 11 is 0. The summed E-state index contributed by atoms with van der Waals surface area (Å²) in [7, 11) is -1.91. The van der Waals surface area contributed by atoms with E-state index in [-0.39, 0.29) is 25.0 Å². The van der Waals surface area contributed by atoms with Crippen LogP contribution in [0.25, 0.3) is 0 Å². The van der Waals surface area contributed by atoms with E-state index in [1.54, 1.807) is 24.3 Å². The Hall–Kier alpha value is -1.80. The number of carbonyl (C=O) groups excluding carboxylic acids is 1. The van der Waals surface area contributed by atoms with E-state index in [1.807, 2.05) is 0 Å². The quantitative estimate of drug-likeness (QED) is 0.713. The number of amides is 1. The van der Waals surface area contributed by atoms with Crippen LogP contribution in [0.2, 0.25) is 0 Å². The molecule has 1 aliphatic heterocycles. The van der Waals surface area contributed by atoms with E-state index in [1.165, 1.54) is 11.4 Å². The van der Waals surface area contributed by atoms with Gasteiger partial charge in [0.1, 0.15) is 5.75 Å². The lowest BCUT2D eigenvalue weighted by Gasteiger charge is -2.22. The first-order valence-electron chi connectivity index (χ1n) is 8.40. The average molecular weight is 370 g/mol. The van der Waals surface area contributed by atoms with Crippen LogP contribution in [0.5, 0.6) is 5.75 Å². The fourth-order valence-corrected chi connectivity index (χ4v) is 3.71. The van der Waals surface area contributed by atoms with Gasteiger partial charge in [-0.05, 0) is 31.4 Å². The Morgan fingerprint density at radius 2 is 2.24 bits per heavy atom. The van der Waals surface area contributed by atoms with Crippen molar-refractivity contribution in [3.8, 4) is 5.75 Å². The number of hydrogen-bond acceptors (Lipinski definition) is 5. The fourth-order valence-electron chi connectivity index (χ4n) is 2.76. The monoisotopic (exact) mass is 370 g/mol. The van der Waals surface area contributed by atoms with Crippen molar-refractivity contribution in [2.75, 3.05) is 37.4 Å². The maximum atomic E-state index is 12.1. The summed E-state index contributed by atoms with van der Waals surface area (Å²) in [4.78, 5) is 11.9. The molecule has 2 rings (SSSR count). The van der Waals surface area contributed by atoms with Gasteiger partial charge in [0.25, 0.3) is 0 Å². The van der Waals surface area contributed by atoms with Crippen molar-refractivity contribution >= 4 is 21.6 Å². The molecule has 1 aromatic carbocycles. The Bertz CT molecular complexity index is 671. The lowest BCUT2D eigenvalue weighted by atomic mass is 10.2. The maximum Gasteiger partial charge on any atom is 0.232 e. The number of hydrogen-bond donors (Lipinski definition) is 1. The Morgan fingerprint density at radius 1 is 1.44 bits per heavy atom. The van der Waals surface area contributed by atoms with Crippen molar-refractivity contribution in [2.24, 2.45) is 0 Å². The molecule has 0 aromatic heterocycles. The summed E-state index contributed by atoms with van der Waals surface area (Å²) < 4.78 is 36.0. The Kier molecular flexibility index (Phi) is 7.07. The fraction of sp³-hybridized carbons (Fsp3) is 0.588. The summed E-state index contributed by atoms with van der Waals surface area (Å²) in [5, 5.41) is 2.84. The minimum atomic E-state index is -3.44. The van der Waals surface area contributed by atoms with Gasteiger partial charge >= 0.3 is 0 Å². The third-order valence-corrected chi connectivity index (χ3v) is 5.25. The normalized spacial score (nSPS) is 17.3. The first-order chi connectivity index (χ1) is 11.9. The largest absolute Gasteiger partial charge is 0.497 e. The highest BCUT2D eigenvalue weighted by Crippen LogP contribution is 2.23. The molecule has 1 N–H and O–H groups in total. The molecular weight excluding hydrogens is 344 g/mol. The smallest absolute Gasteiger partial charge is 0.232 e. The maximum absolute atomic E-state index is 12.1. The summed E-state index contributed by atoms with van der Waals surface area (Å²) in [6.07, 6.45) is 3.96. The molecule has 8 heteroatoms. The summed E-state index contributed by atoms with van der Waals surface area (Å²) in [6.45, 7) is 1.51. The third kappa shape index (κ3) is 6.21. The van der Waals surface area contributed by atoms with Gasteiger partial charge in [-0.25, -0.2) is 8.42 Å². The van der Waals surface area contributed by atoms with Gasteiger partial charge in [0.05, 0.1) is 25.2 Å².